The van der Waals surface area contributed by atoms with Crippen LogP contribution in [0.15, 0.2) is 41.3 Å². The highest BCUT2D eigenvalue weighted by Crippen LogP contribution is 2.27. The molecule has 0 aliphatic heterocycles. The molecule has 0 aliphatic rings. The molecular formula is C19H24N2O4S. The van der Waals surface area contributed by atoms with Crippen LogP contribution in [-0.2, 0) is 21.4 Å². The summed E-state index contributed by atoms with van der Waals surface area (Å²) in [5.41, 5.74) is 3.84. The van der Waals surface area contributed by atoms with Crippen molar-refractivity contribution < 1.29 is 17.9 Å². The van der Waals surface area contributed by atoms with Gasteiger partial charge in [0.1, 0.15) is 10.6 Å². The summed E-state index contributed by atoms with van der Waals surface area (Å²) < 4.78 is 32.5. The third kappa shape index (κ3) is 5.06. The number of amides is 1. The fourth-order valence-electron chi connectivity index (χ4n) is 2.34. The maximum absolute atomic E-state index is 12.5. The quantitative estimate of drug-likeness (QED) is 0.776. The molecule has 0 spiro atoms. The molecular weight excluding hydrogens is 352 g/mol. The molecule has 0 saturated heterocycles. The molecule has 2 aromatic rings. The summed E-state index contributed by atoms with van der Waals surface area (Å²) in [7, 11) is -2.45. The van der Waals surface area contributed by atoms with E-state index in [1.807, 2.05) is 45.0 Å². The van der Waals surface area contributed by atoms with E-state index in [4.69, 9.17) is 4.74 Å². The average Bonchev–Trinajstić information content (AvgIpc) is 2.61. The van der Waals surface area contributed by atoms with Crippen molar-refractivity contribution in [1.29, 1.82) is 0 Å². The molecule has 0 heterocycles. The largest absolute Gasteiger partial charge is 0.495 e. The second kappa shape index (κ2) is 8.33. The SMILES string of the molecule is COc1cc(C)c(C)cc1S(=O)(=O)NCC(=O)NCc1ccc(C)cc1. The van der Waals surface area contributed by atoms with E-state index in [1.165, 1.54) is 7.11 Å². The van der Waals surface area contributed by atoms with Gasteiger partial charge in [0.05, 0.1) is 13.7 Å². The van der Waals surface area contributed by atoms with E-state index in [1.54, 1.807) is 12.1 Å². The average molecular weight is 376 g/mol. The van der Waals surface area contributed by atoms with Crippen LogP contribution in [0.25, 0.3) is 0 Å². The molecule has 2 N–H and O–H groups in total. The van der Waals surface area contributed by atoms with Crippen LogP contribution in [0.4, 0.5) is 0 Å². The fourth-order valence-corrected chi connectivity index (χ4v) is 3.56. The van der Waals surface area contributed by atoms with Crippen LogP contribution in [0.1, 0.15) is 22.3 Å². The Bertz CT molecular complexity index is 891. The number of rotatable bonds is 7. The van der Waals surface area contributed by atoms with Crippen molar-refractivity contribution in [2.24, 2.45) is 0 Å². The van der Waals surface area contributed by atoms with E-state index in [9.17, 15) is 13.2 Å². The Morgan fingerprint density at radius 1 is 1.04 bits per heavy atom. The topological polar surface area (TPSA) is 84.5 Å². The van der Waals surface area contributed by atoms with Gasteiger partial charge < -0.3 is 10.1 Å². The first-order chi connectivity index (χ1) is 12.2. The van der Waals surface area contributed by atoms with E-state index in [0.29, 0.717) is 6.54 Å². The van der Waals surface area contributed by atoms with Crippen molar-refractivity contribution in [2.75, 3.05) is 13.7 Å². The van der Waals surface area contributed by atoms with Crippen LogP contribution in [0, 0.1) is 20.8 Å². The lowest BCUT2D eigenvalue weighted by Crippen LogP contribution is -2.36. The molecule has 0 aliphatic carbocycles. The first kappa shape index (κ1) is 19.9. The number of aryl methyl sites for hydroxylation is 3. The highest BCUT2D eigenvalue weighted by molar-refractivity contribution is 7.89. The number of hydrogen-bond acceptors (Lipinski definition) is 4. The van der Waals surface area contributed by atoms with Gasteiger partial charge in [-0.3, -0.25) is 4.79 Å². The molecule has 0 bridgehead atoms. The number of carbonyl (C=O) groups excluding carboxylic acids is 1. The van der Waals surface area contributed by atoms with E-state index >= 15 is 0 Å². The molecule has 6 nitrogen and oxygen atoms in total. The maximum atomic E-state index is 12.5. The molecule has 2 aromatic carbocycles. The van der Waals surface area contributed by atoms with Gasteiger partial charge in [0.2, 0.25) is 15.9 Å². The van der Waals surface area contributed by atoms with E-state index in [0.717, 1.165) is 22.3 Å². The normalized spacial score (nSPS) is 11.2. The van der Waals surface area contributed by atoms with Gasteiger partial charge in [-0.25, -0.2) is 13.1 Å². The second-order valence-corrected chi connectivity index (χ2v) is 7.91. The molecule has 1 amide bonds. The lowest BCUT2D eigenvalue weighted by atomic mass is 10.1. The lowest BCUT2D eigenvalue weighted by Gasteiger charge is -2.13. The zero-order valence-electron chi connectivity index (χ0n) is 15.4. The zero-order valence-corrected chi connectivity index (χ0v) is 16.2. The van der Waals surface area contributed by atoms with Crippen molar-refractivity contribution >= 4 is 15.9 Å². The number of hydrogen-bond donors (Lipinski definition) is 2. The van der Waals surface area contributed by atoms with Crippen molar-refractivity contribution in [3.05, 3.63) is 58.7 Å². The Hall–Kier alpha value is -2.38. The van der Waals surface area contributed by atoms with Crippen molar-refractivity contribution in [1.82, 2.24) is 10.0 Å². The van der Waals surface area contributed by atoms with Gasteiger partial charge >= 0.3 is 0 Å². The third-order valence-electron chi connectivity index (χ3n) is 4.10. The molecule has 7 heteroatoms. The Morgan fingerprint density at radius 3 is 2.27 bits per heavy atom. The number of benzene rings is 2. The molecule has 140 valence electrons. The minimum atomic E-state index is -3.86. The summed E-state index contributed by atoms with van der Waals surface area (Å²) in [6.07, 6.45) is 0. The summed E-state index contributed by atoms with van der Waals surface area (Å²) in [5, 5.41) is 2.69. The summed E-state index contributed by atoms with van der Waals surface area (Å²) in [6.45, 7) is 5.68. The van der Waals surface area contributed by atoms with Crippen LogP contribution >= 0.6 is 0 Å². The summed E-state index contributed by atoms with van der Waals surface area (Å²) in [4.78, 5) is 12.0. The predicted molar refractivity (Wildman–Crippen MR) is 101 cm³/mol. The minimum Gasteiger partial charge on any atom is -0.495 e. The summed E-state index contributed by atoms with van der Waals surface area (Å²) in [6, 6.07) is 11.0. The van der Waals surface area contributed by atoms with Crippen LogP contribution in [-0.4, -0.2) is 28.0 Å². The molecule has 0 atom stereocenters. The van der Waals surface area contributed by atoms with Gasteiger partial charge in [-0.05, 0) is 49.6 Å². The number of sulfonamides is 1. The Morgan fingerprint density at radius 2 is 1.65 bits per heavy atom. The standard InChI is InChI=1S/C19H24N2O4S/c1-13-5-7-16(8-6-13)11-20-19(22)12-21-26(23,24)18-10-15(3)14(2)9-17(18)25-4/h5-10,21H,11-12H2,1-4H3,(H,20,22). The number of ether oxygens (including phenoxy) is 1. The number of carbonyl (C=O) groups is 1. The van der Waals surface area contributed by atoms with Crippen LogP contribution in [0.3, 0.4) is 0 Å². The molecule has 0 radical (unpaired) electrons. The van der Waals surface area contributed by atoms with Crippen LogP contribution < -0.4 is 14.8 Å². The van der Waals surface area contributed by atoms with E-state index < -0.39 is 15.9 Å². The van der Waals surface area contributed by atoms with Gasteiger partial charge in [0, 0.05) is 6.54 Å². The van der Waals surface area contributed by atoms with Crippen LogP contribution in [0.2, 0.25) is 0 Å². The molecule has 0 unspecified atom stereocenters. The first-order valence-electron chi connectivity index (χ1n) is 8.20. The molecule has 0 fully saturated rings. The predicted octanol–water partition coefficient (Wildman–Crippen LogP) is 2.22. The first-order valence-corrected chi connectivity index (χ1v) is 9.68. The highest BCUT2D eigenvalue weighted by atomic mass is 32.2. The van der Waals surface area contributed by atoms with Crippen molar-refractivity contribution in [3.63, 3.8) is 0 Å². The highest BCUT2D eigenvalue weighted by Gasteiger charge is 2.21. The molecule has 0 aromatic heterocycles. The van der Waals surface area contributed by atoms with Gasteiger partial charge in [0.25, 0.3) is 0 Å². The number of nitrogens with one attached hydrogen (secondary N) is 2. The van der Waals surface area contributed by atoms with Gasteiger partial charge in [-0.15, -0.1) is 0 Å². The monoisotopic (exact) mass is 376 g/mol. The number of methoxy groups -OCH3 is 1. The van der Waals surface area contributed by atoms with E-state index in [-0.39, 0.29) is 17.2 Å². The Labute approximate surface area is 154 Å². The Kier molecular flexibility index (Phi) is 6.39. The van der Waals surface area contributed by atoms with Crippen molar-refractivity contribution in [3.8, 4) is 5.75 Å². The van der Waals surface area contributed by atoms with Gasteiger partial charge in [-0.2, -0.15) is 0 Å². The smallest absolute Gasteiger partial charge is 0.244 e. The molecule has 2 rings (SSSR count). The summed E-state index contributed by atoms with van der Waals surface area (Å²) in [5.74, 6) is -0.155. The molecule has 0 saturated carbocycles. The second-order valence-electron chi connectivity index (χ2n) is 6.17. The van der Waals surface area contributed by atoms with Crippen molar-refractivity contribution in [2.45, 2.75) is 32.2 Å². The summed E-state index contributed by atoms with van der Waals surface area (Å²) >= 11 is 0. The Balaban J connectivity index is 2.00. The van der Waals surface area contributed by atoms with Crippen LogP contribution in [0.5, 0.6) is 5.75 Å². The van der Waals surface area contributed by atoms with E-state index in [2.05, 4.69) is 10.0 Å². The van der Waals surface area contributed by atoms with Gasteiger partial charge in [-0.1, -0.05) is 29.8 Å². The molecule has 26 heavy (non-hydrogen) atoms. The van der Waals surface area contributed by atoms with Gasteiger partial charge in [0.15, 0.2) is 0 Å². The third-order valence-corrected chi connectivity index (χ3v) is 5.52. The fraction of sp³-hybridized carbons (Fsp3) is 0.316. The minimum absolute atomic E-state index is 0.0226. The lowest BCUT2D eigenvalue weighted by molar-refractivity contribution is -0.120. The maximum Gasteiger partial charge on any atom is 0.244 e. The zero-order chi connectivity index (χ0) is 19.3.